The molecule has 1 saturated heterocycles. The molecule has 0 amide bonds. The predicted molar refractivity (Wildman–Crippen MR) is 80.7 cm³/mol. The summed E-state index contributed by atoms with van der Waals surface area (Å²) < 4.78 is 18.9. The van der Waals surface area contributed by atoms with Crippen molar-refractivity contribution < 1.29 is 14.2 Å². The van der Waals surface area contributed by atoms with E-state index >= 15 is 0 Å². The van der Waals surface area contributed by atoms with E-state index in [0.29, 0.717) is 0 Å². The Morgan fingerprint density at radius 3 is 3.00 bits per heavy atom. The van der Waals surface area contributed by atoms with Crippen LogP contribution in [0.4, 0.5) is 4.39 Å². The number of hydrogen-bond donors (Lipinski definition) is 2. The summed E-state index contributed by atoms with van der Waals surface area (Å²) in [7, 11) is 0. The number of ether oxygens (including phenoxy) is 1. The van der Waals surface area contributed by atoms with E-state index in [4.69, 9.17) is 10.3 Å². The Bertz CT molecular complexity index is 663. The number of halogens is 1. The minimum Gasteiger partial charge on any atom is -0.469 e. The molecule has 2 aliphatic heterocycles. The van der Waals surface area contributed by atoms with Gasteiger partial charge in [-0.05, 0) is 43.5 Å². The fourth-order valence-corrected chi connectivity index (χ4v) is 3.26. The highest BCUT2D eigenvalue weighted by Crippen LogP contribution is 2.45. The molecule has 23 heavy (non-hydrogen) atoms. The quantitative estimate of drug-likeness (QED) is 0.836. The number of likely N-dealkylation sites (tertiary alicyclic amines) is 1. The van der Waals surface area contributed by atoms with E-state index < -0.39 is 11.8 Å². The third-order valence-electron chi connectivity index (χ3n) is 4.47. The second kappa shape index (κ2) is 6.08. The van der Waals surface area contributed by atoms with Gasteiger partial charge < -0.3 is 14.7 Å². The molecule has 1 aromatic rings. The molecule has 0 radical (unpaired) electrons. The van der Waals surface area contributed by atoms with Crippen molar-refractivity contribution in [1.82, 2.24) is 9.88 Å². The van der Waals surface area contributed by atoms with Crippen molar-refractivity contribution in [2.24, 2.45) is 5.11 Å². The van der Waals surface area contributed by atoms with Gasteiger partial charge in [-0.1, -0.05) is 0 Å². The summed E-state index contributed by atoms with van der Waals surface area (Å²) in [6.07, 6.45) is 8.81. The van der Waals surface area contributed by atoms with Gasteiger partial charge in [0.2, 0.25) is 6.23 Å². The smallest absolute Gasteiger partial charge is 0.226 e. The van der Waals surface area contributed by atoms with E-state index in [1.54, 1.807) is 18.5 Å². The molecule has 0 saturated carbocycles. The van der Waals surface area contributed by atoms with Crippen LogP contribution in [0.1, 0.15) is 31.4 Å². The number of rotatable bonds is 4. The lowest BCUT2D eigenvalue weighted by atomic mass is 10.00. The van der Waals surface area contributed by atoms with Crippen LogP contribution in [0.5, 0.6) is 0 Å². The third-order valence-corrected chi connectivity index (χ3v) is 4.47. The number of nitrogens with zero attached hydrogens (tertiary/aromatic N) is 3. The van der Waals surface area contributed by atoms with Gasteiger partial charge in [0.05, 0.1) is 30.1 Å². The molecular formula is C16H19FN4O2. The molecule has 0 bridgehead atoms. The molecule has 2 N–H and O–H groups in total. The van der Waals surface area contributed by atoms with Crippen molar-refractivity contribution in [3.05, 3.63) is 54.0 Å². The van der Waals surface area contributed by atoms with Crippen molar-refractivity contribution >= 4 is 0 Å². The molecule has 3 heterocycles. The largest absolute Gasteiger partial charge is 0.469 e. The Labute approximate surface area is 133 Å². The number of aliphatic hydroxyl groups excluding tert-OH is 1. The first-order chi connectivity index (χ1) is 11.1. The number of pyridine rings is 1. The molecule has 6 nitrogen and oxygen atoms in total. The van der Waals surface area contributed by atoms with E-state index in [9.17, 15) is 9.50 Å². The maximum Gasteiger partial charge on any atom is 0.226 e. The zero-order valence-electron chi connectivity index (χ0n) is 12.8. The lowest BCUT2D eigenvalue weighted by molar-refractivity contribution is 0.0772. The first-order valence-electron chi connectivity index (χ1n) is 7.48. The molecule has 0 aromatic carbocycles. The monoisotopic (exact) mass is 318 g/mol. The van der Waals surface area contributed by atoms with Crippen LogP contribution < -0.4 is 0 Å². The highest BCUT2D eigenvalue weighted by atomic mass is 19.1. The van der Waals surface area contributed by atoms with Gasteiger partial charge >= 0.3 is 0 Å². The number of hydrogen-bond acceptors (Lipinski definition) is 6. The fourth-order valence-electron chi connectivity index (χ4n) is 3.26. The van der Waals surface area contributed by atoms with E-state index in [1.807, 2.05) is 17.9 Å². The van der Waals surface area contributed by atoms with Gasteiger partial charge in [0.1, 0.15) is 12.1 Å². The van der Waals surface area contributed by atoms with Gasteiger partial charge in [-0.15, -0.1) is 5.11 Å². The van der Waals surface area contributed by atoms with Crippen molar-refractivity contribution in [1.29, 1.82) is 5.53 Å². The summed E-state index contributed by atoms with van der Waals surface area (Å²) in [5.74, 6) is -0.377. The predicted octanol–water partition coefficient (Wildman–Crippen LogP) is 2.89. The third kappa shape index (κ3) is 2.84. The lowest BCUT2D eigenvalue weighted by Crippen LogP contribution is -2.44. The minimum atomic E-state index is -0.615. The lowest BCUT2D eigenvalue weighted by Gasteiger charge is -2.40. The summed E-state index contributed by atoms with van der Waals surface area (Å²) in [6, 6.07) is 1.38. The summed E-state index contributed by atoms with van der Waals surface area (Å²) in [4.78, 5) is 5.98. The van der Waals surface area contributed by atoms with Gasteiger partial charge in [-0.3, -0.25) is 4.98 Å². The molecule has 2 aliphatic rings. The average Bonchev–Trinajstić information content (AvgIpc) is 2.93. The first kappa shape index (κ1) is 15.6. The molecule has 1 fully saturated rings. The zero-order valence-corrected chi connectivity index (χ0v) is 12.8. The van der Waals surface area contributed by atoms with Crippen LogP contribution in [0.2, 0.25) is 0 Å². The zero-order chi connectivity index (χ0) is 16.4. The molecule has 0 aliphatic carbocycles. The SMILES string of the molecule is C[C@@]1(CO)CC[C@H](c2cncc(F)c2)N1C1=COC(N=N)C=C1. The summed E-state index contributed by atoms with van der Waals surface area (Å²) in [5.41, 5.74) is 8.07. The van der Waals surface area contributed by atoms with Crippen LogP contribution in [-0.2, 0) is 4.74 Å². The molecular weight excluding hydrogens is 299 g/mol. The van der Waals surface area contributed by atoms with E-state index in [1.165, 1.54) is 12.3 Å². The Kier molecular flexibility index (Phi) is 4.12. The van der Waals surface area contributed by atoms with Gasteiger partial charge in [-0.2, -0.15) is 0 Å². The molecule has 3 rings (SSSR count). The highest BCUT2D eigenvalue weighted by Gasteiger charge is 2.44. The Morgan fingerprint density at radius 2 is 2.39 bits per heavy atom. The van der Waals surface area contributed by atoms with Crippen molar-refractivity contribution in [2.75, 3.05) is 6.61 Å². The van der Waals surface area contributed by atoms with Gasteiger partial charge in [0.15, 0.2) is 0 Å². The van der Waals surface area contributed by atoms with Crippen molar-refractivity contribution in [2.45, 2.75) is 37.6 Å². The molecule has 3 atom stereocenters. The van der Waals surface area contributed by atoms with Crippen LogP contribution in [0.15, 0.2) is 47.7 Å². The molecule has 1 aromatic heterocycles. The maximum atomic E-state index is 13.5. The number of aliphatic hydroxyl groups is 1. The van der Waals surface area contributed by atoms with Crippen molar-refractivity contribution in [3.63, 3.8) is 0 Å². The average molecular weight is 318 g/mol. The number of allylic oxidation sites excluding steroid dienone is 1. The van der Waals surface area contributed by atoms with Crippen LogP contribution in [0.25, 0.3) is 0 Å². The molecule has 122 valence electrons. The fraction of sp³-hybridized carbons (Fsp3) is 0.438. The second-order valence-electron chi connectivity index (χ2n) is 6.07. The van der Waals surface area contributed by atoms with Crippen LogP contribution >= 0.6 is 0 Å². The van der Waals surface area contributed by atoms with Crippen LogP contribution in [-0.4, -0.2) is 33.4 Å². The van der Waals surface area contributed by atoms with Crippen molar-refractivity contribution in [3.8, 4) is 0 Å². The molecule has 0 spiro atoms. The summed E-state index contributed by atoms with van der Waals surface area (Å²) in [5, 5.41) is 13.2. The van der Waals surface area contributed by atoms with Gasteiger partial charge in [-0.25, -0.2) is 9.92 Å². The molecule has 1 unspecified atom stereocenters. The van der Waals surface area contributed by atoms with Crippen LogP contribution in [0, 0.1) is 11.3 Å². The Morgan fingerprint density at radius 1 is 1.57 bits per heavy atom. The summed E-state index contributed by atoms with van der Waals surface area (Å²) in [6.45, 7) is 1.94. The molecule has 7 heteroatoms. The normalized spacial score (nSPS) is 30.0. The second-order valence-corrected chi connectivity index (χ2v) is 6.07. The first-order valence-corrected chi connectivity index (χ1v) is 7.48. The number of nitrogens with one attached hydrogen (secondary N) is 1. The highest BCUT2D eigenvalue weighted by molar-refractivity contribution is 5.29. The Hall–Kier alpha value is -2.28. The van der Waals surface area contributed by atoms with Gasteiger partial charge in [0, 0.05) is 6.20 Å². The standard InChI is InChI=1S/C16H19FN4O2/c1-16(10-22)5-4-14(11-6-12(17)8-19-7-11)21(16)13-2-3-15(20-18)23-9-13/h2-3,6-9,14-15,18,22H,4-5,10H2,1H3/t14-,15?,16+/m1/s1. The van der Waals surface area contributed by atoms with E-state index in [2.05, 4.69) is 10.1 Å². The topological polar surface area (TPSA) is 81.8 Å². The Balaban J connectivity index is 1.96. The van der Waals surface area contributed by atoms with Gasteiger partial charge in [0.25, 0.3) is 0 Å². The summed E-state index contributed by atoms with van der Waals surface area (Å²) >= 11 is 0. The van der Waals surface area contributed by atoms with Crippen LogP contribution in [0.3, 0.4) is 0 Å². The minimum absolute atomic E-state index is 0.0241. The van der Waals surface area contributed by atoms with E-state index in [-0.39, 0.29) is 18.5 Å². The maximum absolute atomic E-state index is 13.5. The number of aromatic nitrogens is 1. The van der Waals surface area contributed by atoms with E-state index in [0.717, 1.165) is 24.1 Å².